The summed E-state index contributed by atoms with van der Waals surface area (Å²) in [7, 11) is 0. The fraction of sp³-hybridized carbons (Fsp3) is 0.875. The van der Waals surface area contributed by atoms with Crippen LogP contribution in [-0.2, 0) is 9.59 Å². The Bertz CT molecular complexity index is 317. The molecule has 0 unspecified atom stereocenters. The lowest BCUT2D eigenvalue weighted by Crippen LogP contribution is -2.32. The van der Waals surface area contributed by atoms with Gasteiger partial charge in [0.25, 0.3) is 0 Å². The summed E-state index contributed by atoms with van der Waals surface area (Å²) in [5, 5.41) is 6.26. The molecule has 2 N–H and O–H groups in total. The van der Waals surface area contributed by atoms with Crippen molar-refractivity contribution in [2.24, 2.45) is 5.92 Å². The second-order valence-corrected chi connectivity index (χ2v) is 5.75. The number of amides is 2. The number of halogens is 1. The van der Waals surface area contributed by atoms with Gasteiger partial charge in [0.2, 0.25) is 11.8 Å². The first-order valence-electron chi connectivity index (χ1n) is 8.42. The van der Waals surface area contributed by atoms with E-state index in [1.54, 1.807) is 0 Å². The van der Waals surface area contributed by atoms with Gasteiger partial charge in [0.05, 0.1) is 0 Å². The number of hydrogen-bond acceptors (Lipinski definition) is 3. The summed E-state index contributed by atoms with van der Waals surface area (Å²) in [6.07, 6.45) is 5.24. The molecule has 130 valence electrons. The Morgan fingerprint density at radius 3 is 2.36 bits per heavy atom. The van der Waals surface area contributed by atoms with Gasteiger partial charge in [-0.15, -0.1) is 12.4 Å². The van der Waals surface area contributed by atoms with Crippen LogP contribution in [0.2, 0.25) is 0 Å². The normalized spacial score (nSPS) is 15.0. The molecular weight excluding hydrogens is 302 g/mol. The Hall–Kier alpha value is -0.810. The molecule has 6 heteroatoms. The second-order valence-electron chi connectivity index (χ2n) is 5.75. The summed E-state index contributed by atoms with van der Waals surface area (Å²) in [5.74, 6) is 1.01. The van der Waals surface area contributed by atoms with E-state index in [4.69, 9.17) is 0 Å². The minimum absolute atomic E-state index is 0. The van der Waals surface area contributed by atoms with Crippen LogP contribution in [0.25, 0.3) is 0 Å². The highest BCUT2D eigenvalue weighted by Gasteiger charge is 2.14. The average Bonchev–Trinajstić information content (AvgIpc) is 2.52. The standard InChI is InChI=1S/C16H31N3O2.ClH/c1-3-19(4-2)16(21)6-5-11-18-15(20)8-7-14-9-12-17-13-10-14;/h14,17H,3-13H2,1-2H3,(H,18,20);1H. The number of rotatable bonds is 9. The van der Waals surface area contributed by atoms with E-state index in [1.165, 1.54) is 12.8 Å². The molecule has 0 radical (unpaired) electrons. The lowest BCUT2D eigenvalue weighted by Gasteiger charge is -2.22. The van der Waals surface area contributed by atoms with E-state index in [9.17, 15) is 9.59 Å². The monoisotopic (exact) mass is 333 g/mol. The van der Waals surface area contributed by atoms with Crippen LogP contribution < -0.4 is 10.6 Å². The number of piperidine rings is 1. The third-order valence-electron chi connectivity index (χ3n) is 4.24. The van der Waals surface area contributed by atoms with Gasteiger partial charge in [0.15, 0.2) is 0 Å². The fourth-order valence-electron chi connectivity index (χ4n) is 2.80. The summed E-state index contributed by atoms with van der Waals surface area (Å²) in [5.41, 5.74) is 0. The Kier molecular flexibility index (Phi) is 12.2. The molecule has 0 aromatic rings. The molecule has 0 atom stereocenters. The van der Waals surface area contributed by atoms with E-state index < -0.39 is 0 Å². The minimum Gasteiger partial charge on any atom is -0.356 e. The van der Waals surface area contributed by atoms with Gasteiger partial charge in [-0.3, -0.25) is 9.59 Å². The van der Waals surface area contributed by atoms with Gasteiger partial charge < -0.3 is 15.5 Å². The third-order valence-corrected chi connectivity index (χ3v) is 4.24. The summed E-state index contributed by atoms with van der Waals surface area (Å²) >= 11 is 0. The topological polar surface area (TPSA) is 61.4 Å². The first kappa shape index (κ1) is 21.2. The fourth-order valence-corrected chi connectivity index (χ4v) is 2.80. The van der Waals surface area contributed by atoms with Gasteiger partial charge in [0, 0.05) is 32.5 Å². The van der Waals surface area contributed by atoms with Crippen LogP contribution >= 0.6 is 12.4 Å². The zero-order chi connectivity index (χ0) is 15.5. The van der Waals surface area contributed by atoms with Crippen molar-refractivity contribution in [1.29, 1.82) is 0 Å². The maximum absolute atomic E-state index is 11.8. The van der Waals surface area contributed by atoms with Crippen LogP contribution in [0.15, 0.2) is 0 Å². The first-order valence-corrected chi connectivity index (χ1v) is 8.42. The molecular formula is C16H32ClN3O2. The van der Waals surface area contributed by atoms with E-state index in [-0.39, 0.29) is 24.2 Å². The van der Waals surface area contributed by atoms with E-state index >= 15 is 0 Å². The van der Waals surface area contributed by atoms with Crippen molar-refractivity contribution < 1.29 is 9.59 Å². The maximum atomic E-state index is 11.8. The van der Waals surface area contributed by atoms with Crippen LogP contribution in [0.1, 0.15) is 52.4 Å². The van der Waals surface area contributed by atoms with E-state index in [1.807, 2.05) is 18.7 Å². The SMILES string of the molecule is CCN(CC)C(=O)CCCNC(=O)CCC1CCNCC1.Cl. The minimum atomic E-state index is 0. The predicted molar refractivity (Wildman–Crippen MR) is 92.2 cm³/mol. The third kappa shape index (κ3) is 8.59. The molecule has 0 aromatic heterocycles. The van der Waals surface area contributed by atoms with E-state index in [0.717, 1.165) is 39.0 Å². The smallest absolute Gasteiger partial charge is 0.222 e. The average molecular weight is 334 g/mol. The van der Waals surface area contributed by atoms with Crippen molar-refractivity contribution in [3.8, 4) is 0 Å². The van der Waals surface area contributed by atoms with Gasteiger partial charge >= 0.3 is 0 Å². The van der Waals surface area contributed by atoms with Crippen LogP contribution in [-0.4, -0.2) is 49.4 Å². The first-order chi connectivity index (χ1) is 10.2. The van der Waals surface area contributed by atoms with Crippen LogP contribution in [0.4, 0.5) is 0 Å². The zero-order valence-corrected chi connectivity index (χ0v) is 14.8. The lowest BCUT2D eigenvalue weighted by molar-refractivity contribution is -0.131. The highest BCUT2D eigenvalue weighted by Crippen LogP contribution is 2.17. The summed E-state index contributed by atoms with van der Waals surface area (Å²) in [6.45, 7) is 8.28. The van der Waals surface area contributed by atoms with E-state index in [0.29, 0.717) is 25.3 Å². The van der Waals surface area contributed by atoms with Gasteiger partial charge in [-0.05, 0) is 58.5 Å². The second kappa shape index (κ2) is 12.7. The maximum Gasteiger partial charge on any atom is 0.222 e. The molecule has 0 bridgehead atoms. The molecule has 2 amide bonds. The van der Waals surface area contributed by atoms with E-state index in [2.05, 4.69) is 10.6 Å². The Morgan fingerprint density at radius 1 is 1.14 bits per heavy atom. The van der Waals surface area contributed by atoms with Gasteiger partial charge in [0.1, 0.15) is 0 Å². The summed E-state index contributed by atoms with van der Waals surface area (Å²) in [6, 6.07) is 0. The van der Waals surface area contributed by atoms with Crippen molar-refractivity contribution in [2.75, 3.05) is 32.7 Å². The molecule has 0 spiro atoms. The predicted octanol–water partition coefficient (Wildman–Crippen LogP) is 1.95. The quantitative estimate of drug-likeness (QED) is 0.634. The molecule has 0 aliphatic carbocycles. The molecule has 22 heavy (non-hydrogen) atoms. The van der Waals surface area contributed by atoms with Crippen molar-refractivity contribution in [3.05, 3.63) is 0 Å². The highest BCUT2D eigenvalue weighted by molar-refractivity contribution is 5.85. The lowest BCUT2D eigenvalue weighted by atomic mass is 9.93. The molecule has 0 saturated carbocycles. The number of carbonyl (C=O) groups excluding carboxylic acids is 2. The number of carbonyl (C=O) groups is 2. The largest absolute Gasteiger partial charge is 0.356 e. The number of hydrogen-bond donors (Lipinski definition) is 2. The van der Waals surface area contributed by atoms with Crippen molar-refractivity contribution in [1.82, 2.24) is 15.5 Å². The Morgan fingerprint density at radius 2 is 1.77 bits per heavy atom. The Labute approximate surface area is 141 Å². The molecule has 1 heterocycles. The number of nitrogens with one attached hydrogen (secondary N) is 2. The van der Waals surface area contributed by atoms with Crippen molar-refractivity contribution in [3.63, 3.8) is 0 Å². The highest BCUT2D eigenvalue weighted by atomic mass is 35.5. The molecule has 1 fully saturated rings. The summed E-state index contributed by atoms with van der Waals surface area (Å²) in [4.78, 5) is 25.4. The van der Waals surface area contributed by atoms with Crippen LogP contribution in [0, 0.1) is 5.92 Å². The molecule has 1 aliphatic rings. The molecule has 0 aromatic carbocycles. The zero-order valence-electron chi connectivity index (χ0n) is 14.0. The van der Waals surface area contributed by atoms with Crippen molar-refractivity contribution >= 4 is 24.2 Å². The Balaban J connectivity index is 0.00000441. The molecule has 5 nitrogen and oxygen atoms in total. The van der Waals surface area contributed by atoms with Gasteiger partial charge in [-0.2, -0.15) is 0 Å². The van der Waals surface area contributed by atoms with Gasteiger partial charge in [-0.1, -0.05) is 0 Å². The van der Waals surface area contributed by atoms with Crippen LogP contribution in [0.3, 0.4) is 0 Å². The van der Waals surface area contributed by atoms with Crippen LogP contribution in [0.5, 0.6) is 0 Å². The summed E-state index contributed by atoms with van der Waals surface area (Å²) < 4.78 is 0. The molecule has 1 aliphatic heterocycles. The van der Waals surface area contributed by atoms with Crippen molar-refractivity contribution in [2.45, 2.75) is 52.4 Å². The number of nitrogens with zero attached hydrogens (tertiary/aromatic N) is 1. The molecule has 1 saturated heterocycles. The van der Waals surface area contributed by atoms with Gasteiger partial charge in [-0.25, -0.2) is 0 Å². The molecule has 1 rings (SSSR count).